The second kappa shape index (κ2) is 8.97. The smallest absolute Gasteiger partial charge is 0.170 e. The van der Waals surface area contributed by atoms with Crippen LogP contribution in [0, 0.1) is 5.82 Å². The number of carbonyl (C=O) groups is 1. The van der Waals surface area contributed by atoms with Crippen molar-refractivity contribution in [1.82, 2.24) is 0 Å². The Kier molecular flexibility index (Phi) is 6.97. The molecule has 0 unspecified atom stereocenters. The van der Waals surface area contributed by atoms with Gasteiger partial charge in [0.25, 0.3) is 0 Å². The molecule has 0 bridgehead atoms. The monoisotopic (exact) mass is 372 g/mol. The Morgan fingerprint density at radius 2 is 1.72 bits per heavy atom. The third-order valence-corrected chi connectivity index (χ3v) is 5.49. The first-order valence-electron chi connectivity index (χ1n) is 8.13. The first-order valence-corrected chi connectivity index (χ1v) is 10.2. The number of halogens is 1. The van der Waals surface area contributed by atoms with Gasteiger partial charge in [-0.2, -0.15) is 0 Å². The molecule has 1 nitrogen and oxygen atoms in total. The van der Waals surface area contributed by atoms with E-state index in [0.29, 0.717) is 9.77 Å². The number of hydrogen-bond donors (Lipinski definition) is 0. The standard InChI is InChI=1S/C19H15FOS2.C2H6/c1-12(21)19-18(14-8-9-17(22-2)16(20)10-14)15(11-23-19)13-6-4-3-5-7-13;1-2/h3-11H,1-2H3;1-2H3. The summed E-state index contributed by atoms with van der Waals surface area (Å²) in [7, 11) is 0. The third kappa shape index (κ3) is 4.20. The first-order chi connectivity index (χ1) is 12.1. The fourth-order valence-electron chi connectivity index (χ4n) is 2.56. The normalized spacial score (nSPS) is 10.1. The molecule has 0 amide bonds. The molecule has 1 heterocycles. The number of benzene rings is 2. The summed E-state index contributed by atoms with van der Waals surface area (Å²) in [5.74, 6) is -0.253. The van der Waals surface area contributed by atoms with E-state index < -0.39 is 0 Å². The van der Waals surface area contributed by atoms with Gasteiger partial charge in [0.15, 0.2) is 5.78 Å². The largest absolute Gasteiger partial charge is 0.294 e. The Bertz CT molecular complexity index is 854. The van der Waals surface area contributed by atoms with Gasteiger partial charge in [0, 0.05) is 16.0 Å². The van der Waals surface area contributed by atoms with Gasteiger partial charge < -0.3 is 0 Å². The first kappa shape index (κ1) is 19.4. The lowest BCUT2D eigenvalue weighted by Gasteiger charge is -2.09. The zero-order valence-electron chi connectivity index (χ0n) is 14.8. The van der Waals surface area contributed by atoms with Crippen molar-refractivity contribution in [3.63, 3.8) is 0 Å². The molecule has 0 N–H and O–H groups in total. The van der Waals surface area contributed by atoms with Gasteiger partial charge in [-0.25, -0.2) is 4.39 Å². The van der Waals surface area contributed by atoms with E-state index in [1.807, 2.05) is 61.9 Å². The number of ketones is 1. The summed E-state index contributed by atoms with van der Waals surface area (Å²) in [5, 5.41) is 1.97. The minimum absolute atomic E-state index is 0.00142. The van der Waals surface area contributed by atoms with Crippen molar-refractivity contribution in [2.24, 2.45) is 0 Å². The van der Waals surface area contributed by atoms with Crippen LogP contribution in [0.4, 0.5) is 4.39 Å². The minimum atomic E-state index is -0.255. The molecule has 0 spiro atoms. The Labute approximate surface area is 156 Å². The molecule has 0 aliphatic rings. The minimum Gasteiger partial charge on any atom is -0.294 e. The van der Waals surface area contributed by atoms with Crippen LogP contribution in [0.15, 0.2) is 58.8 Å². The molecule has 3 aromatic rings. The fraction of sp³-hybridized carbons (Fsp3) is 0.190. The van der Waals surface area contributed by atoms with Crippen LogP contribution in [0.5, 0.6) is 0 Å². The number of carbonyl (C=O) groups excluding carboxylic acids is 1. The summed E-state index contributed by atoms with van der Waals surface area (Å²) in [6.45, 7) is 5.55. The van der Waals surface area contributed by atoms with Crippen molar-refractivity contribution in [2.45, 2.75) is 25.7 Å². The average molecular weight is 373 g/mol. The van der Waals surface area contributed by atoms with Crippen LogP contribution in [-0.2, 0) is 0 Å². The maximum Gasteiger partial charge on any atom is 0.170 e. The molecule has 1 aromatic heterocycles. The summed E-state index contributed by atoms with van der Waals surface area (Å²) < 4.78 is 14.2. The van der Waals surface area contributed by atoms with E-state index in [1.165, 1.54) is 29.2 Å². The summed E-state index contributed by atoms with van der Waals surface area (Å²) in [5.41, 5.74) is 3.56. The molecular weight excluding hydrogens is 351 g/mol. The summed E-state index contributed by atoms with van der Waals surface area (Å²) in [6, 6.07) is 15.1. The van der Waals surface area contributed by atoms with E-state index >= 15 is 0 Å². The van der Waals surface area contributed by atoms with Crippen LogP contribution in [0.25, 0.3) is 22.3 Å². The molecule has 25 heavy (non-hydrogen) atoms. The molecule has 0 atom stereocenters. The topological polar surface area (TPSA) is 17.1 Å². The Morgan fingerprint density at radius 1 is 1.04 bits per heavy atom. The predicted molar refractivity (Wildman–Crippen MR) is 108 cm³/mol. The Balaban J connectivity index is 0.00000109. The van der Waals surface area contributed by atoms with Crippen molar-refractivity contribution in [3.8, 4) is 22.3 Å². The lowest BCUT2D eigenvalue weighted by Crippen LogP contribution is -1.93. The van der Waals surface area contributed by atoms with Crippen LogP contribution < -0.4 is 0 Å². The number of thiophene rings is 1. The molecule has 3 rings (SSSR count). The molecule has 0 saturated carbocycles. The lowest BCUT2D eigenvalue weighted by molar-refractivity contribution is 0.102. The number of hydrogen-bond acceptors (Lipinski definition) is 3. The van der Waals surface area contributed by atoms with Crippen molar-refractivity contribution in [1.29, 1.82) is 0 Å². The number of Topliss-reactive ketones (excluding diaryl/α,β-unsaturated/α-hetero) is 1. The third-order valence-electron chi connectivity index (χ3n) is 3.64. The predicted octanol–water partition coefficient (Wildman–Crippen LogP) is 7.17. The second-order valence-electron chi connectivity index (χ2n) is 5.13. The van der Waals surface area contributed by atoms with Crippen molar-refractivity contribution in [3.05, 3.63) is 64.6 Å². The van der Waals surface area contributed by atoms with Crippen LogP contribution in [0.3, 0.4) is 0 Å². The highest BCUT2D eigenvalue weighted by Gasteiger charge is 2.19. The Morgan fingerprint density at radius 3 is 2.28 bits per heavy atom. The van der Waals surface area contributed by atoms with E-state index in [2.05, 4.69) is 0 Å². The van der Waals surface area contributed by atoms with Crippen LogP contribution in [0.2, 0.25) is 0 Å². The van der Waals surface area contributed by atoms with Gasteiger partial charge in [0.2, 0.25) is 0 Å². The maximum absolute atomic E-state index is 14.2. The highest BCUT2D eigenvalue weighted by atomic mass is 32.2. The second-order valence-corrected chi connectivity index (χ2v) is 6.85. The fourth-order valence-corrected chi connectivity index (χ4v) is 4.01. The molecule has 4 heteroatoms. The average Bonchev–Trinajstić information content (AvgIpc) is 3.09. The molecule has 130 valence electrons. The highest BCUT2D eigenvalue weighted by Crippen LogP contribution is 2.40. The summed E-state index contributed by atoms with van der Waals surface area (Å²) >= 11 is 2.79. The van der Waals surface area contributed by atoms with E-state index in [4.69, 9.17) is 0 Å². The summed E-state index contributed by atoms with van der Waals surface area (Å²) in [6.07, 6.45) is 1.85. The van der Waals surface area contributed by atoms with Gasteiger partial charge in [-0.15, -0.1) is 23.1 Å². The zero-order valence-corrected chi connectivity index (χ0v) is 16.4. The number of rotatable bonds is 4. The quantitative estimate of drug-likeness (QED) is 0.356. The van der Waals surface area contributed by atoms with Gasteiger partial charge in [0.1, 0.15) is 5.82 Å². The zero-order chi connectivity index (χ0) is 18.4. The van der Waals surface area contributed by atoms with E-state index in [-0.39, 0.29) is 11.6 Å². The van der Waals surface area contributed by atoms with Crippen molar-refractivity contribution >= 4 is 28.9 Å². The van der Waals surface area contributed by atoms with Gasteiger partial charge >= 0.3 is 0 Å². The highest BCUT2D eigenvalue weighted by molar-refractivity contribution is 7.98. The molecule has 0 saturated heterocycles. The van der Waals surface area contributed by atoms with Crippen molar-refractivity contribution in [2.75, 3.05) is 6.26 Å². The molecular formula is C21H21FOS2. The van der Waals surface area contributed by atoms with E-state index in [1.54, 1.807) is 13.0 Å². The SMILES string of the molecule is CC.CSc1ccc(-c2c(-c3ccccc3)csc2C(C)=O)cc1F. The van der Waals surface area contributed by atoms with Crippen LogP contribution in [0.1, 0.15) is 30.4 Å². The molecule has 0 radical (unpaired) electrons. The van der Waals surface area contributed by atoms with Gasteiger partial charge in [-0.1, -0.05) is 50.2 Å². The molecule has 2 aromatic carbocycles. The maximum atomic E-state index is 14.2. The van der Waals surface area contributed by atoms with Gasteiger partial charge in [-0.3, -0.25) is 4.79 Å². The van der Waals surface area contributed by atoms with Gasteiger partial charge in [-0.05, 0) is 41.8 Å². The van der Waals surface area contributed by atoms with Gasteiger partial charge in [0.05, 0.1) is 4.88 Å². The van der Waals surface area contributed by atoms with Crippen molar-refractivity contribution < 1.29 is 9.18 Å². The Hall–Kier alpha value is -1.91. The van der Waals surface area contributed by atoms with Crippen LogP contribution in [-0.4, -0.2) is 12.0 Å². The lowest BCUT2D eigenvalue weighted by atomic mass is 9.96. The van der Waals surface area contributed by atoms with Crippen LogP contribution >= 0.6 is 23.1 Å². The molecule has 0 aliphatic heterocycles. The van der Waals surface area contributed by atoms with E-state index in [0.717, 1.165) is 22.3 Å². The molecule has 0 aliphatic carbocycles. The summed E-state index contributed by atoms with van der Waals surface area (Å²) in [4.78, 5) is 13.3. The molecule has 0 fully saturated rings. The van der Waals surface area contributed by atoms with E-state index in [9.17, 15) is 9.18 Å². The number of thioether (sulfide) groups is 1.